The van der Waals surface area contributed by atoms with E-state index >= 15 is 0 Å². The van der Waals surface area contributed by atoms with Crippen molar-refractivity contribution in [2.75, 3.05) is 13.1 Å². The molecule has 1 fully saturated rings. The second-order valence-corrected chi connectivity index (χ2v) is 11.3. The SMILES string of the molecule is CC(C)(C)c1nc(CNC(=O)NCc2ccc(S(=O)(=O)N3CCCCC3)cc2)cs1. The molecule has 2 N–H and O–H groups in total. The van der Waals surface area contributed by atoms with Gasteiger partial charge in [-0.25, -0.2) is 18.2 Å². The number of carbonyl (C=O) groups excluding carboxylic acids is 1. The topological polar surface area (TPSA) is 91.4 Å². The Labute approximate surface area is 183 Å². The Bertz CT molecular complexity index is 957. The highest BCUT2D eigenvalue weighted by Crippen LogP contribution is 2.25. The lowest BCUT2D eigenvalue weighted by Crippen LogP contribution is -2.35. The fourth-order valence-electron chi connectivity index (χ4n) is 3.18. The number of hydrogen-bond donors (Lipinski definition) is 2. The maximum Gasteiger partial charge on any atom is 0.315 e. The van der Waals surface area contributed by atoms with Crippen LogP contribution in [-0.2, 0) is 28.5 Å². The minimum absolute atomic E-state index is 0.00117. The molecule has 7 nitrogen and oxygen atoms in total. The van der Waals surface area contributed by atoms with E-state index in [1.165, 1.54) is 0 Å². The molecule has 0 saturated carbocycles. The van der Waals surface area contributed by atoms with Crippen LogP contribution >= 0.6 is 11.3 Å². The van der Waals surface area contributed by atoms with Gasteiger partial charge in [-0.05, 0) is 30.5 Å². The van der Waals surface area contributed by atoms with Crippen LogP contribution in [0.2, 0.25) is 0 Å². The second kappa shape index (κ2) is 9.45. The first-order chi connectivity index (χ1) is 14.2. The number of piperidine rings is 1. The molecular formula is C21H30N4O3S2. The first-order valence-electron chi connectivity index (χ1n) is 10.2. The molecule has 0 radical (unpaired) electrons. The van der Waals surface area contributed by atoms with Crippen molar-refractivity contribution in [1.82, 2.24) is 19.9 Å². The molecule has 0 unspecified atom stereocenters. The molecule has 30 heavy (non-hydrogen) atoms. The predicted molar refractivity (Wildman–Crippen MR) is 119 cm³/mol. The van der Waals surface area contributed by atoms with Gasteiger partial charge < -0.3 is 10.6 Å². The number of nitrogens with zero attached hydrogens (tertiary/aromatic N) is 2. The summed E-state index contributed by atoms with van der Waals surface area (Å²) < 4.78 is 26.9. The van der Waals surface area contributed by atoms with E-state index in [2.05, 4.69) is 36.4 Å². The first kappa shape index (κ1) is 22.7. The molecule has 2 amide bonds. The highest BCUT2D eigenvalue weighted by atomic mass is 32.2. The van der Waals surface area contributed by atoms with Crippen LogP contribution in [0.4, 0.5) is 4.79 Å². The number of nitrogens with one attached hydrogen (secondary N) is 2. The highest BCUT2D eigenvalue weighted by molar-refractivity contribution is 7.89. The van der Waals surface area contributed by atoms with Gasteiger partial charge in [0.15, 0.2) is 0 Å². The lowest BCUT2D eigenvalue weighted by atomic mass is 9.98. The number of aromatic nitrogens is 1. The Hall–Kier alpha value is -1.97. The molecule has 164 valence electrons. The molecule has 1 aliphatic rings. The zero-order valence-electron chi connectivity index (χ0n) is 17.8. The van der Waals surface area contributed by atoms with Crippen LogP contribution in [-0.4, -0.2) is 36.8 Å². The summed E-state index contributed by atoms with van der Waals surface area (Å²) in [6, 6.07) is 6.43. The van der Waals surface area contributed by atoms with Crippen molar-refractivity contribution >= 4 is 27.4 Å². The van der Waals surface area contributed by atoms with Gasteiger partial charge in [-0.2, -0.15) is 4.31 Å². The van der Waals surface area contributed by atoms with Crippen LogP contribution in [0.1, 0.15) is 56.3 Å². The normalized spacial score (nSPS) is 15.7. The molecule has 0 atom stereocenters. The number of hydrogen-bond acceptors (Lipinski definition) is 5. The Balaban J connectivity index is 1.48. The molecular weight excluding hydrogens is 420 g/mol. The molecule has 0 aliphatic carbocycles. The minimum Gasteiger partial charge on any atom is -0.334 e. The molecule has 1 aromatic heterocycles. The monoisotopic (exact) mass is 450 g/mol. The van der Waals surface area contributed by atoms with Crippen LogP contribution in [0.5, 0.6) is 0 Å². The van der Waals surface area contributed by atoms with Crippen LogP contribution in [0.25, 0.3) is 0 Å². The summed E-state index contributed by atoms with van der Waals surface area (Å²) in [7, 11) is -3.43. The predicted octanol–water partition coefficient (Wildman–Crippen LogP) is 3.61. The lowest BCUT2D eigenvalue weighted by Gasteiger charge is -2.25. The number of rotatable bonds is 6. The molecule has 1 aromatic carbocycles. The smallest absolute Gasteiger partial charge is 0.315 e. The molecule has 2 heterocycles. The van der Waals surface area contributed by atoms with E-state index < -0.39 is 10.0 Å². The molecule has 0 spiro atoms. The fraction of sp³-hybridized carbons (Fsp3) is 0.524. The van der Waals surface area contributed by atoms with Crippen molar-refractivity contribution < 1.29 is 13.2 Å². The Morgan fingerprint density at radius 2 is 1.70 bits per heavy atom. The summed E-state index contributed by atoms with van der Waals surface area (Å²) >= 11 is 1.60. The third kappa shape index (κ3) is 5.80. The maximum atomic E-state index is 12.7. The molecule has 3 rings (SSSR count). The zero-order chi connectivity index (χ0) is 21.8. The Morgan fingerprint density at radius 1 is 1.07 bits per heavy atom. The number of amides is 2. The van der Waals surface area contributed by atoms with E-state index in [0.29, 0.717) is 31.1 Å². The van der Waals surface area contributed by atoms with Gasteiger partial charge in [0.2, 0.25) is 10.0 Å². The second-order valence-electron chi connectivity index (χ2n) is 8.54. The summed E-state index contributed by atoms with van der Waals surface area (Å²) in [5.41, 5.74) is 1.68. The number of thiazole rings is 1. The van der Waals surface area contributed by atoms with Gasteiger partial charge in [0.05, 0.1) is 22.1 Å². The van der Waals surface area contributed by atoms with E-state index in [0.717, 1.165) is 35.5 Å². The molecule has 1 saturated heterocycles. The summed E-state index contributed by atoms with van der Waals surface area (Å²) in [6.07, 6.45) is 2.91. The standard InChI is InChI=1S/C21H30N4O3S2/c1-21(2,3)19-24-17(15-29-19)14-23-20(26)22-13-16-7-9-18(10-8-16)30(27,28)25-11-5-4-6-12-25/h7-10,15H,4-6,11-14H2,1-3H3,(H2,22,23,26). The van der Waals surface area contributed by atoms with E-state index in [1.54, 1.807) is 39.9 Å². The van der Waals surface area contributed by atoms with Gasteiger partial charge in [0.1, 0.15) is 0 Å². The third-order valence-electron chi connectivity index (χ3n) is 4.95. The van der Waals surface area contributed by atoms with Crippen LogP contribution in [0, 0.1) is 0 Å². The van der Waals surface area contributed by atoms with Crippen LogP contribution in [0.3, 0.4) is 0 Å². The summed E-state index contributed by atoms with van der Waals surface area (Å²) in [6.45, 7) is 8.19. The molecule has 2 aromatic rings. The van der Waals surface area contributed by atoms with Crippen molar-refractivity contribution in [3.63, 3.8) is 0 Å². The van der Waals surface area contributed by atoms with Crippen molar-refractivity contribution in [2.24, 2.45) is 0 Å². The molecule has 1 aliphatic heterocycles. The van der Waals surface area contributed by atoms with Crippen LogP contribution in [0.15, 0.2) is 34.5 Å². The van der Waals surface area contributed by atoms with Gasteiger partial charge in [0.25, 0.3) is 0 Å². The maximum absolute atomic E-state index is 12.7. The highest BCUT2D eigenvalue weighted by Gasteiger charge is 2.25. The van der Waals surface area contributed by atoms with Gasteiger partial charge in [0, 0.05) is 30.4 Å². The van der Waals surface area contributed by atoms with Gasteiger partial charge in [-0.1, -0.05) is 39.3 Å². The van der Waals surface area contributed by atoms with Crippen LogP contribution < -0.4 is 10.6 Å². The van der Waals surface area contributed by atoms with Crippen molar-refractivity contribution in [3.05, 3.63) is 45.9 Å². The number of sulfonamides is 1. The van der Waals surface area contributed by atoms with E-state index in [-0.39, 0.29) is 11.4 Å². The lowest BCUT2D eigenvalue weighted by molar-refractivity contribution is 0.240. The molecule has 0 bridgehead atoms. The quantitative estimate of drug-likeness (QED) is 0.703. The Morgan fingerprint density at radius 3 is 2.30 bits per heavy atom. The van der Waals surface area contributed by atoms with E-state index in [9.17, 15) is 13.2 Å². The zero-order valence-corrected chi connectivity index (χ0v) is 19.4. The Kier molecular flexibility index (Phi) is 7.15. The fourth-order valence-corrected chi connectivity index (χ4v) is 5.61. The van der Waals surface area contributed by atoms with Crippen molar-refractivity contribution in [1.29, 1.82) is 0 Å². The first-order valence-corrected chi connectivity index (χ1v) is 12.5. The summed E-state index contributed by atoms with van der Waals surface area (Å²) in [5.74, 6) is 0. The minimum atomic E-state index is -3.43. The number of carbonyl (C=O) groups is 1. The third-order valence-corrected chi connectivity index (χ3v) is 8.18. The van der Waals surface area contributed by atoms with E-state index in [4.69, 9.17) is 0 Å². The molecule has 9 heteroatoms. The number of urea groups is 1. The van der Waals surface area contributed by atoms with Crippen molar-refractivity contribution in [3.8, 4) is 0 Å². The summed E-state index contributed by atoms with van der Waals surface area (Å²) in [5, 5.41) is 8.60. The van der Waals surface area contributed by atoms with Gasteiger partial charge >= 0.3 is 6.03 Å². The van der Waals surface area contributed by atoms with E-state index in [1.807, 2.05) is 5.38 Å². The average Bonchev–Trinajstić information content (AvgIpc) is 3.21. The van der Waals surface area contributed by atoms with Gasteiger partial charge in [-0.15, -0.1) is 11.3 Å². The van der Waals surface area contributed by atoms with Crippen molar-refractivity contribution in [2.45, 2.75) is 63.4 Å². The largest absolute Gasteiger partial charge is 0.334 e. The van der Waals surface area contributed by atoms with Gasteiger partial charge in [-0.3, -0.25) is 0 Å². The average molecular weight is 451 g/mol. The number of benzene rings is 1. The summed E-state index contributed by atoms with van der Waals surface area (Å²) in [4.78, 5) is 16.9.